The number of phenolic OH excluding ortho intramolecular Hbond substituents is 1. The average Bonchev–Trinajstić information content (AvgIpc) is 1.72. The van der Waals surface area contributed by atoms with Crippen LogP contribution in [0, 0.1) is 23.7 Å². The number of hydrogen-bond donors (Lipinski definition) is 20. The molecule has 0 bridgehead atoms. The van der Waals surface area contributed by atoms with E-state index in [0.717, 1.165) is 32.5 Å². The molecule has 36 nitrogen and oxygen atoms in total. The Hall–Kier alpha value is -11.1. The second kappa shape index (κ2) is 47.2. The van der Waals surface area contributed by atoms with Crippen LogP contribution in [0.15, 0.2) is 97.6 Å². The first-order chi connectivity index (χ1) is 55.6. The molecule has 117 heavy (non-hydrogen) atoms. The summed E-state index contributed by atoms with van der Waals surface area (Å²) in [4.78, 5) is 223. The van der Waals surface area contributed by atoms with Crippen molar-refractivity contribution in [3.63, 3.8) is 0 Å². The Labute approximate surface area is 685 Å². The predicted octanol–water partition coefficient (Wildman–Crippen LogP) is 0.754. The highest BCUT2D eigenvalue weighted by molar-refractivity contribution is 8.76. The first kappa shape index (κ1) is 94.7. The van der Waals surface area contributed by atoms with Crippen molar-refractivity contribution in [1.82, 2.24) is 78.8 Å². The Morgan fingerprint density at radius 2 is 1.12 bits per heavy atom. The number of unbranched alkanes of at least 4 members (excludes halogenated alkanes) is 1. The maximum Gasteiger partial charge on any atom is 0.326 e. The number of fused-ring (bicyclic) bond motifs is 1. The number of nitrogens with zero attached hydrogens (tertiary/aromatic N) is 1. The van der Waals surface area contributed by atoms with Crippen LogP contribution in [0.2, 0.25) is 0 Å². The molecule has 2 aromatic heterocycles. The highest BCUT2D eigenvalue weighted by Gasteiger charge is 2.41. The molecule has 0 unspecified atom stereocenters. The fraction of sp³-hybridized carbons (Fsp3) is 0.519. The Kier molecular flexibility index (Phi) is 38.2. The second-order valence-corrected chi connectivity index (χ2v) is 32.4. The molecule has 5 aromatic rings. The molecular weight excluding hydrogens is 1560 g/mol. The number of hydrogen-bond acceptors (Lipinski definition) is 21. The summed E-state index contributed by atoms with van der Waals surface area (Å²) in [6, 6.07) is 1.19. The highest BCUT2D eigenvalue weighted by atomic mass is 33.1. The number of aromatic nitrogens is 3. The number of carboxylic acid groups (broad SMARTS) is 3. The highest BCUT2D eigenvalue weighted by Crippen LogP contribution is 2.26. The topological polar surface area (TPSA) is 578 Å². The molecule has 6 rings (SSSR count). The monoisotopic (exact) mass is 1670 g/mol. The summed E-state index contributed by atoms with van der Waals surface area (Å²) in [5.74, 6) is -19.3. The number of amides is 12. The summed E-state index contributed by atoms with van der Waals surface area (Å²) >= 11 is 0. The molecule has 38 heteroatoms. The van der Waals surface area contributed by atoms with Crippen LogP contribution in [0.25, 0.3) is 10.9 Å². The van der Waals surface area contributed by atoms with Crippen LogP contribution in [0.1, 0.15) is 136 Å². The lowest BCUT2D eigenvalue weighted by Gasteiger charge is -2.31. The zero-order chi connectivity index (χ0) is 86.2. The predicted molar refractivity (Wildman–Crippen MR) is 435 cm³/mol. The van der Waals surface area contributed by atoms with Crippen molar-refractivity contribution in [2.75, 3.05) is 18.1 Å². The number of H-pyrrole nitrogens is 2. The molecule has 12 amide bonds. The normalized spacial score (nSPS) is 18.9. The third-order valence-corrected chi connectivity index (χ3v) is 22.3. The quantitative estimate of drug-likeness (QED) is 0.0190. The largest absolute Gasteiger partial charge is 0.508 e. The van der Waals surface area contributed by atoms with E-state index in [-0.39, 0.29) is 50.0 Å². The average molecular weight is 1670 g/mol. The SMILES string of the molecule is CC[C@H](C)[C@H](NC(=O)[C@H](CC(=O)O)NC(=O)[C@H](CC(C)C)NC(=O)[C@H](Cc1c[nH]cn1)NC(=O)[C@@H]1CSSC[C@H](NC(=O)[C@H](CCC(=O)O)NC(=O)[C@@H](N)CCCCN)C(=O)N[C@@H](C(C)C)C(=O)N[C@@H](Cc2ccc(O)cc2)C(=O)N[C@@H](Cc2ccccc2)C(=O)N1)C(=O)N[C@H](C(=O)N[C@@H](Cc1c[nH]c2ccccc12)C(=O)O)[C@@H](C)CC. The van der Waals surface area contributed by atoms with E-state index in [1.807, 2.05) is 6.07 Å². The minimum atomic E-state index is -1.94. The van der Waals surface area contributed by atoms with Gasteiger partial charge in [-0.15, -0.1) is 0 Å². The van der Waals surface area contributed by atoms with Crippen LogP contribution in [-0.2, 0) is 97.6 Å². The van der Waals surface area contributed by atoms with Crippen molar-refractivity contribution in [3.05, 3.63) is 120 Å². The lowest BCUT2D eigenvalue weighted by Crippen LogP contribution is -2.62. The number of imidazole rings is 1. The molecular formula is C79H111N17O19S2. The van der Waals surface area contributed by atoms with Crippen LogP contribution in [0.3, 0.4) is 0 Å². The molecule has 0 radical (unpaired) electrons. The van der Waals surface area contributed by atoms with Crippen molar-refractivity contribution in [1.29, 1.82) is 0 Å². The Morgan fingerprint density at radius 3 is 1.72 bits per heavy atom. The van der Waals surface area contributed by atoms with Gasteiger partial charge in [-0.3, -0.25) is 67.1 Å². The van der Waals surface area contributed by atoms with Crippen LogP contribution >= 0.6 is 21.6 Å². The molecule has 0 aliphatic carbocycles. The number of rotatable bonds is 41. The third kappa shape index (κ3) is 30.5. The first-order valence-electron chi connectivity index (χ1n) is 39.0. The Bertz CT molecular complexity index is 4210. The van der Waals surface area contributed by atoms with Crippen molar-refractivity contribution in [2.24, 2.45) is 35.1 Å². The van der Waals surface area contributed by atoms with Gasteiger partial charge in [-0.2, -0.15) is 0 Å². The molecule has 22 N–H and O–H groups in total. The fourth-order valence-corrected chi connectivity index (χ4v) is 15.0. The number of nitrogens with one attached hydrogen (secondary N) is 14. The summed E-state index contributed by atoms with van der Waals surface area (Å²) in [7, 11) is 1.74. The summed E-state index contributed by atoms with van der Waals surface area (Å²) in [5, 5.41) is 72.7. The van der Waals surface area contributed by atoms with E-state index < -0.39 is 228 Å². The molecule has 15 atom stereocenters. The van der Waals surface area contributed by atoms with E-state index in [1.54, 1.807) is 110 Å². The van der Waals surface area contributed by atoms with Crippen LogP contribution in [-0.4, -0.2) is 221 Å². The van der Waals surface area contributed by atoms with Gasteiger partial charge in [-0.1, -0.05) is 157 Å². The number of nitrogens with two attached hydrogens (primary N) is 2. The minimum Gasteiger partial charge on any atom is -0.508 e. The van der Waals surface area contributed by atoms with Crippen molar-refractivity contribution < 1.29 is 92.3 Å². The second-order valence-electron chi connectivity index (χ2n) is 29.9. The maximum atomic E-state index is 15.3. The number of benzene rings is 3. The van der Waals surface area contributed by atoms with E-state index in [9.17, 15) is 78.0 Å². The van der Waals surface area contributed by atoms with Crippen LogP contribution in [0.5, 0.6) is 5.75 Å². The number of aromatic amines is 2. The van der Waals surface area contributed by atoms with Crippen molar-refractivity contribution in [2.45, 2.75) is 217 Å². The van der Waals surface area contributed by atoms with E-state index in [0.29, 0.717) is 42.5 Å². The van der Waals surface area contributed by atoms with Gasteiger partial charge in [0.2, 0.25) is 70.9 Å². The van der Waals surface area contributed by atoms with E-state index >= 15 is 14.4 Å². The van der Waals surface area contributed by atoms with E-state index in [1.165, 1.54) is 36.8 Å². The molecule has 1 aliphatic heterocycles. The third-order valence-electron chi connectivity index (χ3n) is 19.8. The molecule has 638 valence electrons. The number of phenols is 1. The summed E-state index contributed by atoms with van der Waals surface area (Å²) in [6.07, 6.45) is 2.67. The van der Waals surface area contributed by atoms with Gasteiger partial charge in [-0.25, -0.2) is 9.78 Å². The number of aliphatic carboxylic acids is 3. The van der Waals surface area contributed by atoms with Crippen LogP contribution in [0.4, 0.5) is 0 Å². The van der Waals surface area contributed by atoms with Crippen molar-refractivity contribution >= 4 is 121 Å². The lowest BCUT2D eigenvalue weighted by atomic mass is 9.94. The van der Waals surface area contributed by atoms with Gasteiger partial charge in [0.1, 0.15) is 78.3 Å². The van der Waals surface area contributed by atoms with Gasteiger partial charge in [0.15, 0.2) is 0 Å². The van der Waals surface area contributed by atoms with Crippen molar-refractivity contribution in [3.8, 4) is 5.75 Å². The smallest absolute Gasteiger partial charge is 0.326 e. The summed E-state index contributed by atoms with van der Waals surface area (Å²) in [6.45, 7) is 13.6. The fourth-order valence-electron chi connectivity index (χ4n) is 12.7. The molecule has 3 aromatic carbocycles. The maximum absolute atomic E-state index is 15.3. The standard InChI is InChI=1S/C79H111N17O19S2/c1-9-43(7)65(77(112)91-59(79(114)115)33-47-36-83-52-22-15-14-20-50(47)52)96-78(113)66(44(8)10-2)95-73(108)58(35-63(100)101)89-69(104)54(30-41(3)4)86-72(107)57(34-48-37-82-40-84-48)88-74(109)60-38-116-117-39-61(92-68(103)53(27-28-62(98)99)85-67(102)51(81)21-16-17-29-80)75(110)94-64(42(5)6)76(111)90-56(32-46-23-25-49(97)26-24-46)70(105)87-55(71(106)93-60)31-45-18-12-11-13-19-45/h11-15,18-20,22-26,36-37,40-44,51,53-61,64-66,83,97H,9-10,16-17,21,27-35,38-39,80-81H2,1-8H3,(H,82,84)(H,85,102)(H,86,107)(H,87,105)(H,88,109)(H,89,104)(H,90,111)(H,91,112)(H,92,103)(H,93,106)(H,94,110)(H,95,108)(H,96,113)(H,98,99)(H,100,101)(H,114,115)/t43-,44-,51-,53-,54-,55-,56-,57-,58-,59-,60-,61-,64-,65-,66-/m0/s1. The first-order valence-corrected chi connectivity index (χ1v) is 41.4. The summed E-state index contributed by atoms with van der Waals surface area (Å²) in [5.41, 5.74) is 14.3. The lowest BCUT2D eigenvalue weighted by molar-refractivity contribution is -0.143. The van der Waals surface area contributed by atoms with Gasteiger partial charge in [-0.05, 0) is 90.8 Å². The Morgan fingerprint density at radius 1 is 0.556 bits per heavy atom. The number of aromatic hydroxyl groups is 1. The molecule has 1 saturated heterocycles. The van der Waals surface area contributed by atoms with E-state index in [2.05, 4.69) is 78.8 Å². The van der Waals surface area contributed by atoms with Crippen LogP contribution < -0.4 is 75.3 Å². The van der Waals surface area contributed by atoms with Gasteiger partial charge in [0, 0.05) is 66.9 Å². The molecule has 1 fully saturated rings. The zero-order valence-corrected chi connectivity index (χ0v) is 68.3. The molecule has 0 saturated carbocycles. The molecule has 0 spiro atoms. The summed E-state index contributed by atoms with van der Waals surface area (Å²) < 4.78 is 0. The minimum absolute atomic E-state index is 0.123. The van der Waals surface area contributed by atoms with Gasteiger partial charge in [0.25, 0.3) is 0 Å². The number of carbonyl (C=O) groups excluding carboxylic acids is 12. The molecule has 1 aliphatic rings. The Balaban J connectivity index is 1.33. The van der Waals surface area contributed by atoms with E-state index in [4.69, 9.17) is 11.5 Å². The molecule has 3 heterocycles. The van der Waals surface area contributed by atoms with Gasteiger partial charge in [0.05, 0.1) is 24.5 Å². The zero-order valence-electron chi connectivity index (χ0n) is 66.7. The number of carboxylic acids is 3. The number of carbonyl (C=O) groups is 15. The van der Waals surface area contributed by atoms with Gasteiger partial charge >= 0.3 is 17.9 Å². The van der Waals surface area contributed by atoms with Gasteiger partial charge < -0.3 is 106 Å². The number of para-hydroxylation sites is 1.